The van der Waals surface area contributed by atoms with Gasteiger partial charge in [-0.05, 0) is 59.2 Å². The summed E-state index contributed by atoms with van der Waals surface area (Å²) in [6.45, 7) is 11.2. The van der Waals surface area contributed by atoms with E-state index in [1.165, 1.54) is 4.90 Å². The van der Waals surface area contributed by atoms with E-state index in [1.54, 1.807) is 37.3 Å². The van der Waals surface area contributed by atoms with Crippen molar-refractivity contribution in [1.29, 1.82) is 0 Å². The minimum Gasteiger partial charge on any atom is -0.360 e. The van der Waals surface area contributed by atoms with Gasteiger partial charge in [-0.1, -0.05) is 52.7 Å². The Kier molecular flexibility index (Phi) is 8.76. The molecular weight excluding hydrogens is 492 g/mol. The first-order chi connectivity index (χ1) is 17.4. The SMILES string of the molecule is Cc1ccc(N(C(=O)CCC(=O)Nc2cc(C)on2)[C@@H](C(=O)NC(C)(C)C)c2ccccc2Cl)c(C)c1. The Bertz CT molecular complexity index is 1300. The molecule has 2 aromatic carbocycles. The predicted octanol–water partition coefficient (Wildman–Crippen LogP) is 5.66. The summed E-state index contributed by atoms with van der Waals surface area (Å²) >= 11 is 6.56. The number of carbonyl (C=O) groups excluding carboxylic acids is 3. The zero-order valence-electron chi connectivity index (χ0n) is 22.0. The summed E-state index contributed by atoms with van der Waals surface area (Å²) in [6, 6.07) is 13.1. The highest BCUT2D eigenvalue weighted by atomic mass is 35.5. The number of rotatable bonds is 8. The number of aryl methyl sites for hydroxylation is 3. The Morgan fingerprint density at radius 1 is 1.03 bits per heavy atom. The third-order valence-corrected chi connectivity index (χ3v) is 5.89. The lowest BCUT2D eigenvalue weighted by Crippen LogP contribution is -2.49. The molecule has 3 aromatic rings. The van der Waals surface area contributed by atoms with Crippen LogP contribution >= 0.6 is 11.6 Å². The van der Waals surface area contributed by atoms with Gasteiger partial charge >= 0.3 is 0 Å². The van der Waals surface area contributed by atoms with Crippen LogP contribution in [0.1, 0.15) is 62.1 Å². The van der Waals surface area contributed by atoms with Gasteiger partial charge in [0.05, 0.1) is 0 Å². The van der Waals surface area contributed by atoms with Gasteiger partial charge in [-0.2, -0.15) is 0 Å². The summed E-state index contributed by atoms with van der Waals surface area (Å²) in [5.74, 6) is -0.334. The van der Waals surface area contributed by atoms with Gasteiger partial charge < -0.3 is 15.2 Å². The van der Waals surface area contributed by atoms with Crippen LogP contribution in [-0.4, -0.2) is 28.4 Å². The minimum absolute atomic E-state index is 0.109. The van der Waals surface area contributed by atoms with Gasteiger partial charge in [0.1, 0.15) is 11.8 Å². The average molecular weight is 525 g/mol. The Balaban J connectivity index is 2.01. The number of hydrogen-bond donors (Lipinski definition) is 2. The second-order valence-corrected chi connectivity index (χ2v) is 10.5. The molecule has 0 unspecified atom stereocenters. The highest BCUT2D eigenvalue weighted by Crippen LogP contribution is 2.35. The fourth-order valence-electron chi connectivity index (χ4n) is 4.00. The molecule has 196 valence electrons. The molecule has 0 bridgehead atoms. The zero-order valence-corrected chi connectivity index (χ0v) is 22.8. The molecule has 2 N–H and O–H groups in total. The largest absolute Gasteiger partial charge is 0.360 e. The normalized spacial score (nSPS) is 12.1. The lowest BCUT2D eigenvalue weighted by Gasteiger charge is -2.35. The Morgan fingerprint density at radius 3 is 2.32 bits per heavy atom. The molecular formula is C28H33ClN4O4. The number of aromatic nitrogens is 1. The first-order valence-electron chi connectivity index (χ1n) is 12.0. The van der Waals surface area contributed by atoms with Crippen LogP contribution in [0.2, 0.25) is 5.02 Å². The molecule has 8 nitrogen and oxygen atoms in total. The van der Waals surface area contributed by atoms with E-state index in [4.69, 9.17) is 16.1 Å². The van der Waals surface area contributed by atoms with E-state index in [2.05, 4.69) is 15.8 Å². The van der Waals surface area contributed by atoms with Crippen LogP contribution in [0.15, 0.2) is 53.1 Å². The highest BCUT2D eigenvalue weighted by molar-refractivity contribution is 6.31. The van der Waals surface area contributed by atoms with Crippen molar-refractivity contribution in [3.8, 4) is 0 Å². The van der Waals surface area contributed by atoms with Crippen LogP contribution in [0.5, 0.6) is 0 Å². The summed E-state index contributed by atoms with van der Waals surface area (Å²) in [5, 5.41) is 9.73. The number of nitrogens with one attached hydrogen (secondary N) is 2. The molecule has 0 aliphatic heterocycles. The van der Waals surface area contributed by atoms with Gasteiger partial charge in [0, 0.05) is 40.7 Å². The van der Waals surface area contributed by atoms with Gasteiger partial charge in [-0.15, -0.1) is 0 Å². The second kappa shape index (κ2) is 11.6. The maximum Gasteiger partial charge on any atom is 0.248 e. The van der Waals surface area contributed by atoms with Crippen molar-refractivity contribution in [2.45, 2.75) is 66.0 Å². The second-order valence-electron chi connectivity index (χ2n) is 10.1. The van der Waals surface area contributed by atoms with Crippen LogP contribution in [0.4, 0.5) is 11.5 Å². The van der Waals surface area contributed by atoms with E-state index in [0.29, 0.717) is 22.0 Å². The van der Waals surface area contributed by atoms with E-state index in [-0.39, 0.29) is 24.6 Å². The molecule has 1 atom stereocenters. The zero-order chi connectivity index (χ0) is 27.3. The third-order valence-electron chi connectivity index (χ3n) is 5.55. The lowest BCUT2D eigenvalue weighted by atomic mass is 9.98. The number of amides is 3. The van der Waals surface area contributed by atoms with Crippen molar-refractivity contribution >= 4 is 40.8 Å². The van der Waals surface area contributed by atoms with Crippen LogP contribution in [0.3, 0.4) is 0 Å². The Labute approximate surface area is 222 Å². The maximum atomic E-state index is 13.8. The fraction of sp³-hybridized carbons (Fsp3) is 0.357. The van der Waals surface area contributed by atoms with E-state index >= 15 is 0 Å². The first kappa shape index (κ1) is 27.9. The standard InChI is InChI=1S/C28H33ClN4O4/c1-17-11-12-22(18(2)15-17)33(25(35)14-13-24(34)30-23-16-19(3)37-32-23)26(27(36)31-28(4,5)6)20-9-7-8-10-21(20)29/h7-12,15-16,26H,13-14H2,1-6H3,(H,31,36)(H,30,32,34)/t26-/m1/s1. The molecule has 0 aliphatic carbocycles. The van der Waals surface area contributed by atoms with E-state index in [1.807, 2.05) is 52.8 Å². The number of nitrogens with zero attached hydrogens (tertiary/aromatic N) is 2. The third kappa shape index (κ3) is 7.43. The van der Waals surface area contributed by atoms with Gasteiger partial charge in [0.15, 0.2) is 5.82 Å². The molecule has 1 heterocycles. The molecule has 0 spiro atoms. The quantitative estimate of drug-likeness (QED) is 0.395. The summed E-state index contributed by atoms with van der Waals surface area (Å²) in [4.78, 5) is 41.6. The van der Waals surface area contributed by atoms with Gasteiger partial charge in [0.2, 0.25) is 17.7 Å². The van der Waals surface area contributed by atoms with Gasteiger partial charge in [-0.25, -0.2) is 0 Å². The number of benzene rings is 2. The van der Waals surface area contributed by atoms with E-state index < -0.39 is 23.4 Å². The van der Waals surface area contributed by atoms with Crippen LogP contribution in [0.25, 0.3) is 0 Å². The maximum absolute atomic E-state index is 13.8. The molecule has 0 radical (unpaired) electrons. The van der Waals surface area contributed by atoms with Crippen molar-refractivity contribution in [1.82, 2.24) is 10.5 Å². The highest BCUT2D eigenvalue weighted by Gasteiger charge is 2.36. The lowest BCUT2D eigenvalue weighted by molar-refractivity contribution is -0.128. The average Bonchev–Trinajstić information content (AvgIpc) is 3.20. The summed E-state index contributed by atoms with van der Waals surface area (Å²) in [6.07, 6.45) is -0.248. The Hall–Kier alpha value is -3.65. The van der Waals surface area contributed by atoms with Crippen molar-refractivity contribution in [2.75, 3.05) is 10.2 Å². The first-order valence-corrected chi connectivity index (χ1v) is 12.4. The number of halogens is 1. The van der Waals surface area contributed by atoms with Crippen LogP contribution in [-0.2, 0) is 14.4 Å². The van der Waals surface area contributed by atoms with Crippen molar-refractivity contribution in [2.24, 2.45) is 0 Å². The number of carbonyl (C=O) groups is 3. The van der Waals surface area contributed by atoms with Crippen molar-refractivity contribution in [3.63, 3.8) is 0 Å². The molecule has 0 aliphatic rings. The predicted molar refractivity (Wildman–Crippen MR) is 145 cm³/mol. The van der Waals surface area contributed by atoms with Gasteiger partial charge in [-0.3, -0.25) is 19.3 Å². The molecule has 0 saturated heterocycles. The fourth-order valence-corrected chi connectivity index (χ4v) is 4.24. The molecule has 37 heavy (non-hydrogen) atoms. The van der Waals surface area contributed by atoms with E-state index in [0.717, 1.165) is 11.1 Å². The van der Waals surface area contributed by atoms with Gasteiger partial charge in [0.25, 0.3) is 0 Å². The summed E-state index contributed by atoms with van der Waals surface area (Å²) in [7, 11) is 0. The Morgan fingerprint density at radius 2 is 1.73 bits per heavy atom. The monoisotopic (exact) mass is 524 g/mol. The number of hydrogen-bond acceptors (Lipinski definition) is 5. The smallest absolute Gasteiger partial charge is 0.248 e. The van der Waals surface area contributed by atoms with E-state index in [9.17, 15) is 14.4 Å². The molecule has 0 saturated carbocycles. The molecule has 9 heteroatoms. The minimum atomic E-state index is -1.05. The summed E-state index contributed by atoms with van der Waals surface area (Å²) < 4.78 is 4.97. The molecule has 3 amide bonds. The molecule has 0 fully saturated rings. The molecule has 3 rings (SSSR count). The summed E-state index contributed by atoms with van der Waals surface area (Å²) in [5.41, 5.74) is 2.34. The van der Waals surface area contributed by atoms with Crippen LogP contribution < -0.4 is 15.5 Å². The molecule has 1 aromatic heterocycles. The van der Waals surface area contributed by atoms with Crippen LogP contribution in [0, 0.1) is 20.8 Å². The van der Waals surface area contributed by atoms with Crippen molar-refractivity contribution < 1.29 is 18.9 Å². The number of anilines is 2. The topological polar surface area (TPSA) is 105 Å². The van der Waals surface area contributed by atoms with Crippen molar-refractivity contribution in [3.05, 3.63) is 76.0 Å².